The molecule has 144 valence electrons. The zero-order valence-electron chi connectivity index (χ0n) is 16.2. The molecule has 8 nitrogen and oxygen atoms in total. The monoisotopic (exact) mass is 377 g/mol. The normalized spacial score (nSPS) is 11.4. The minimum Gasteiger partial charge on any atom is -0.366 e. The van der Waals surface area contributed by atoms with E-state index >= 15 is 0 Å². The molecule has 0 aliphatic rings. The van der Waals surface area contributed by atoms with Gasteiger partial charge in [-0.05, 0) is 44.4 Å². The van der Waals surface area contributed by atoms with Crippen LogP contribution in [0.3, 0.4) is 0 Å². The Hall–Kier alpha value is -3.42. The number of H-pyrrole nitrogens is 1. The fraction of sp³-hybridized carbons (Fsp3) is 0.300. The Morgan fingerprint density at radius 3 is 2.89 bits per heavy atom. The minimum absolute atomic E-state index is 0.0453. The zero-order chi connectivity index (χ0) is 19.8. The summed E-state index contributed by atoms with van der Waals surface area (Å²) in [7, 11) is 0. The molecule has 8 heteroatoms. The summed E-state index contributed by atoms with van der Waals surface area (Å²) in [5.74, 6) is 0.577. The lowest BCUT2D eigenvalue weighted by molar-refractivity contribution is -0.120. The number of aromatic amines is 1. The fourth-order valence-electron chi connectivity index (χ4n) is 3.55. The van der Waals surface area contributed by atoms with Crippen LogP contribution in [0, 0.1) is 20.8 Å². The predicted molar refractivity (Wildman–Crippen MR) is 108 cm³/mol. The first-order valence-corrected chi connectivity index (χ1v) is 9.24. The highest BCUT2D eigenvalue weighted by atomic mass is 16.1. The van der Waals surface area contributed by atoms with Crippen LogP contribution in [-0.2, 0) is 17.6 Å². The third-order valence-corrected chi connectivity index (χ3v) is 5.04. The van der Waals surface area contributed by atoms with E-state index in [1.165, 1.54) is 16.5 Å². The Balaban J connectivity index is 1.42. The highest BCUT2D eigenvalue weighted by molar-refractivity contribution is 5.84. The number of aryl methyl sites for hydroxylation is 3. The lowest BCUT2D eigenvalue weighted by Crippen LogP contribution is -2.28. The van der Waals surface area contributed by atoms with Gasteiger partial charge >= 0.3 is 0 Å². The molecular formula is C20H23N7O. The SMILES string of the molecule is Cc1ccc2c(CCNC(=O)Cc3c(C)nc4nc(N)nn4c3C)c[nH]c2c1. The Bertz CT molecular complexity index is 1190. The Morgan fingerprint density at radius 2 is 2.07 bits per heavy atom. The zero-order valence-corrected chi connectivity index (χ0v) is 16.2. The molecule has 1 aromatic carbocycles. The molecule has 0 atom stereocenters. The van der Waals surface area contributed by atoms with E-state index in [2.05, 4.69) is 50.5 Å². The third-order valence-electron chi connectivity index (χ3n) is 5.04. The largest absolute Gasteiger partial charge is 0.366 e. The fourth-order valence-corrected chi connectivity index (χ4v) is 3.55. The smallest absolute Gasteiger partial charge is 0.254 e. The van der Waals surface area contributed by atoms with Crippen LogP contribution >= 0.6 is 0 Å². The number of fused-ring (bicyclic) bond motifs is 2. The van der Waals surface area contributed by atoms with Crippen molar-refractivity contribution in [2.75, 3.05) is 12.3 Å². The lowest BCUT2D eigenvalue weighted by Gasteiger charge is -2.10. The Morgan fingerprint density at radius 1 is 1.25 bits per heavy atom. The number of nitrogens with one attached hydrogen (secondary N) is 2. The van der Waals surface area contributed by atoms with Crippen LogP contribution < -0.4 is 11.1 Å². The first-order valence-electron chi connectivity index (χ1n) is 9.24. The van der Waals surface area contributed by atoms with Crippen LogP contribution in [0.15, 0.2) is 24.4 Å². The summed E-state index contributed by atoms with van der Waals surface area (Å²) < 4.78 is 1.58. The molecule has 4 aromatic rings. The number of rotatable bonds is 5. The van der Waals surface area contributed by atoms with Crippen molar-refractivity contribution >= 4 is 28.5 Å². The topological polar surface area (TPSA) is 114 Å². The second kappa shape index (κ2) is 6.95. The summed E-state index contributed by atoms with van der Waals surface area (Å²) in [4.78, 5) is 24.2. The van der Waals surface area contributed by atoms with Gasteiger partial charge in [0.25, 0.3) is 5.78 Å². The summed E-state index contributed by atoms with van der Waals surface area (Å²) in [6.07, 6.45) is 3.02. The van der Waals surface area contributed by atoms with Gasteiger partial charge in [-0.2, -0.15) is 9.50 Å². The van der Waals surface area contributed by atoms with Crippen molar-refractivity contribution in [1.29, 1.82) is 0 Å². The van der Waals surface area contributed by atoms with Crippen LogP contribution in [0.5, 0.6) is 0 Å². The molecule has 1 amide bonds. The van der Waals surface area contributed by atoms with E-state index in [1.54, 1.807) is 4.52 Å². The number of anilines is 1. The number of hydrogen-bond acceptors (Lipinski definition) is 5. The first kappa shape index (κ1) is 18.0. The molecule has 4 rings (SSSR count). The average molecular weight is 377 g/mol. The number of benzene rings is 1. The number of aromatic nitrogens is 5. The molecule has 0 aliphatic carbocycles. The van der Waals surface area contributed by atoms with E-state index in [9.17, 15) is 4.79 Å². The molecule has 3 heterocycles. The van der Waals surface area contributed by atoms with Crippen molar-refractivity contribution in [2.24, 2.45) is 0 Å². The van der Waals surface area contributed by atoms with E-state index < -0.39 is 0 Å². The van der Waals surface area contributed by atoms with Crippen LogP contribution in [-0.4, -0.2) is 37.0 Å². The lowest BCUT2D eigenvalue weighted by atomic mass is 10.1. The van der Waals surface area contributed by atoms with Crippen LogP contribution in [0.1, 0.15) is 28.1 Å². The summed E-state index contributed by atoms with van der Waals surface area (Å²) in [6, 6.07) is 6.35. The molecule has 0 radical (unpaired) electrons. The maximum Gasteiger partial charge on any atom is 0.254 e. The van der Waals surface area contributed by atoms with Gasteiger partial charge in [0.05, 0.1) is 6.42 Å². The molecule has 0 fully saturated rings. The van der Waals surface area contributed by atoms with Gasteiger partial charge in [0, 0.05) is 40.6 Å². The highest BCUT2D eigenvalue weighted by Crippen LogP contribution is 2.20. The number of nitrogens with two attached hydrogens (primary N) is 1. The van der Waals surface area contributed by atoms with Gasteiger partial charge in [0.1, 0.15) is 0 Å². The number of amides is 1. The number of carbonyl (C=O) groups is 1. The van der Waals surface area contributed by atoms with Crippen molar-refractivity contribution in [2.45, 2.75) is 33.6 Å². The second-order valence-corrected chi connectivity index (χ2v) is 7.08. The van der Waals surface area contributed by atoms with Crippen molar-refractivity contribution < 1.29 is 4.79 Å². The molecule has 0 aliphatic heterocycles. The number of nitrogens with zero attached hydrogens (tertiary/aromatic N) is 4. The molecule has 0 saturated heterocycles. The molecule has 0 spiro atoms. The van der Waals surface area contributed by atoms with Crippen LogP contribution in [0.25, 0.3) is 16.7 Å². The Labute approximate surface area is 162 Å². The molecule has 0 bridgehead atoms. The molecular weight excluding hydrogens is 354 g/mol. The molecule has 4 N–H and O–H groups in total. The van der Waals surface area contributed by atoms with Crippen molar-refractivity contribution in [3.8, 4) is 0 Å². The average Bonchev–Trinajstić information content (AvgIpc) is 3.21. The van der Waals surface area contributed by atoms with Gasteiger partial charge in [0.2, 0.25) is 11.9 Å². The molecule has 28 heavy (non-hydrogen) atoms. The van der Waals surface area contributed by atoms with Crippen molar-refractivity contribution in [3.05, 3.63) is 52.5 Å². The van der Waals surface area contributed by atoms with Gasteiger partial charge in [-0.25, -0.2) is 4.98 Å². The van der Waals surface area contributed by atoms with Crippen LogP contribution in [0.4, 0.5) is 5.95 Å². The van der Waals surface area contributed by atoms with E-state index in [0.29, 0.717) is 12.3 Å². The summed E-state index contributed by atoms with van der Waals surface area (Å²) in [5.41, 5.74) is 11.6. The summed E-state index contributed by atoms with van der Waals surface area (Å²) >= 11 is 0. The van der Waals surface area contributed by atoms with Crippen molar-refractivity contribution in [1.82, 2.24) is 29.9 Å². The van der Waals surface area contributed by atoms with Gasteiger partial charge in [-0.1, -0.05) is 12.1 Å². The number of hydrogen-bond donors (Lipinski definition) is 3. The van der Waals surface area contributed by atoms with Crippen molar-refractivity contribution in [3.63, 3.8) is 0 Å². The Kier molecular flexibility index (Phi) is 4.46. The van der Waals surface area contributed by atoms with E-state index in [-0.39, 0.29) is 18.3 Å². The van der Waals surface area contributed by atoms with E-state index in [1.807, 2.05) is 20.0 Å². The van der Waals surface area contributed by atoms with Gasteiger partial charge < -0.3 is 16.0 Å². The predicted octanol–water partition coefficient (Wildman–Crippen LogP) is 2.01. The molecule has 0 unspecified atom stereocenters. The minimum atomic E-state index is -0.0453. The van der Waals surface area contributed by atoms with E-state index in [4.69, 9.17) is 5.73 Å². The second-order valence-electron chi connectivity index (χ2n) is 7.08. The summed E-state index contributed by atoms with van der Waals surface area (Å²) in [6.45, 7) is 6.41. The standard InChI is InChI=1S/C20H23N7O/c1-11-4-5-15-14(10-23-17(15)8-11)6-7-22-18(28)9-16-12(2)24-20-25-19(21)26-27(20)13(16)3/h4-5,8,10,23H,6-7,9H2,1-3H3,(H2,21,26)(H,22,28). The maximum atomic E-state index is 12.5. The van der Waals surface area contributed by atoms with Crippen LogP contribution in [0.2, 0.25) is 0 Å². The highest BCUT2D eigenvalue weighted by Gasteiger charge is 2.15. The number of carbonyl (C=O) groups excluding carboxylic acids is 1. The summed E-state index contributed by atoms with van der Waals surface area (Å²) in [5, 5.41) is 8.34. The number of nitrogen functional groups attached to an aromatic ring is 1. The quantitative estimate of drug-likeness (QED) is 0.492. The molecule has 3 aromatic heterocycles. The first-order chi connectivity index (χ1) is 13.4. The third kappa shape index (κ3) is 3.28. The van der Waals surface area contributed by atoms with Gasteiger partial charge in [-0.15, -0.1) is 5.10 Å². The van der Waals surface area contributed by atoms with E-state index in [0.717, 1.165) is 28.9 Å². The molecule has 0 saturated carbocycles. The maximum absolute atomic E-state index is 12.5. The van der Waals surface area contributed by atoms with Gasteiger partial charge in [0.15, 0.2) is 0 Å². The van der Waals surface area contributed by atoms with Gasteiger partial charge in [-0.3, -0.25) is 4.79 Å².